The molecule has 0 radical (unpaired) electrons. The van der Waals surface area contributed by atoms with Gasteiger partial charge in [0.05, 0.1) is 19.8 Å². The van der Waals surface area contributed by atoms with Gasteiger partial charge in [-0.05, 0) is 40.5 Å². The maximum Gasteiger partial charge on any atom is 0.326 e. The summed E-state index contributed by atoms with van der Waals surface area (Å²) >= 11 is 0. The van der Waals surface area contributed by atoms with E-state index in [9.17, 15) is 4.79 Å². The first kappa shape index (κ1) is 21.9. The largest absolute Gasteiger partial charge is 0.493 e. The van der Waals surface area contributed by atoms with E-state index in [0.29, 0.717) is 19.4 Å². The van der Waals surface area contributed by atoms with E-state index in [1.165, 1.54) is 45.7 Å². The fourth-order valence-corrected chi connectivity index (χ4v) is 7.63. The number of nitrogens with zero attached hydrogens (tertiary/aromatic N) is 1. The summed E-state index contributed by atoms with van der Waals surface area (Å²) in [6, 6.07) is 31.7. The highest BCUT2D eigenvalue weighted by molar-refractivity contribution is 5.91. The summed E-state index contributed by atoms with van der Waals surface area (Å²) in [5.74, 6) is 0.916. The zero-order valence-electron chi connectivity index (χ0n) is 21.2. The van der Waals surface area contributed by atoms with E-state index in [4.69, 9.17) is 9.47 Å². The van der Waals surface area contributed by atoms with Gasteiger partial charge in [0.15, 0.2) is 0 Å². The van der Waals surface area contributed by atoms with E-state index in [1.54, 1.807) is 0 Å². The number of hydrogen-bond acceptors (Lipinski definition) is 4. The van der Waals surface area contributed by atoms with Crippen molar-refractivity contribution >= 4 is 27.6 Å². The van der Waals surface area contributed by atoms with Crippen LogP contribution in [0.4, 0.5) is 0 Å². The Morgan fingerprint density at radius 3 is 2.55 bits per heavy atom. The van der Waals surface area contributed by atoms with Gasteiger partial charge >= 0.3 is 5.97 Å². The highest BCUT2D eigenvalue weighted by atomic mass is 16.5. The van der Waals surface area contributed by atoms with Crippen LogP contribution in [-0.2, 0) is 16.0 Å². The predicted molar refractivity (Wildman–Crippen MR) is 147 cm³/mol. The average molecular weight is 501 g/mol. The van der Waals surface area contributed by atoms with Gasteiger partial charge < -0.3 is 14.5 Å². The molecule has 5 nitrogen and oxygen atoms in total. The number of rotatable bonds is 2. The topological polar surface area (TPSA) is 54.6 Å². The van der Waals surface area contributed by atoms with Crippen molar-refractivity contribution in [3.63, 3.8) is 0 Å². The molecule has 4 atom stereocenters. The fourth-order valence-electron chi connectivity index (χ4n) is 7.63. The maximum absolute atomic E-state index is 14.0. The maximum atomic E-state index is 14.0. The molecule has 3 aliphatic rings. The molecule has 0 amide bonds. The Morgan fingerprint density at radius 1 is 0.947 bits per heavy atom. The smallest absolute Gasteiger partial charge is 0.326 e. The molecule has 5 heteroatoms. The molecule has 0 spiro atoms. The van der Waals surface area contributed by atoms with Gasteiger partial charge in [0.2, 0.25) is 0 Å². The molecule has 4 heterocycles. The second-order valence-corrected chi connectivity index (χ2v) is 10.9. The summed E-state index contributed by atoms with van der Waals surface area (Å²) < 4.78 is 12.0. The van der Waals surface area contributed by atoms with Crippen molar-refractivity contribution in [2.45, 2.75) is 30.5 Å². The number of carbonyl (C=O) groups is 1. The summed E-state index contributed by atoms with van der Waals surface area (Å²) in [6.07, 6.45) is 1.30. The second kappa shape index (κ2) is 7.95. The third-order valence-corrected chi connectivity index (χ3v) is 9.07. The van der Waals surface area contributed by atoms with Gasteiger partial charge in [0.1, 0.15) is 11.3 Å². The number of esters is 1. The minimum absolute atomic E-state index is 0.00807. The van der Waals surface area contributed by atoms with Crippen LogP contribution >= 0.6 is 0 Å². The van der Waals surface area contributed by atoms with Crippen LogP contribution < -0.4 is 4.74 Å². The van der Waals surface area contributed by atoms with E-state index in [-0.39, 0.29) is 24.0 Å². The van der Waals surface area contributed by atoms with E-state index < -0.39 is 5.54 Å². The van der Waals surface area contributed by atoms with Crippen LogP contribution in [0.1, 0.15) is 40.9 Å². The molecule has 0 saturated carbocycles. The Hall–Kier alpha value is -4.09. The SMILES string of the molecule is COC(=O)[C@]12Cc3c([nH]c4ccccc34)[C@@H](c3ccccc3)N1[C@@H]1c3c(ccc4ccccc34)OC[C@@H]1C2. The molecule has 1 N–H and O–H groups in total. The summed E-state index contributed by atoms with van der Waals surface area (Å²) in [5, 5.41) is 3.56. The first-order chi connectivity index (χ1) is 18.7. The molecule has 0 unspecified atom stereocenters. The summed E-state index contributed by atoms with van der Waals surface area (Å²) in [6.45, 7) is 0.585. The van der Waals surface area contributed by atoms with Crippen molar-refractivity contribution in [3.05, 3.63) is 113 Å². The molecule has 8 rings (SSSR count). The van der Waals surface area contributed by atoms with Crippen LogP contribution in [0.25, 0.3) is 21.7 Å². The number of H-pyrrole nitrogens is 1. The lowest BCUT2D eigenvalue weighted by Crippen LogP contribution is -2.57. The number of carbonyl (C=O) groups excluding carboxylic acids is 1. The van der Waals surface area contributed by atoms with Crippen LogP contribution in [0.5, 0.6) is 5.75 Å². The number of ether oxygens (including phenoxy) is 2. The molecular formula is C33H28N2O3. The number of para-hydroxylation sites is 1. The highest BCUT2D eigenvalue weighted by Crippen LogP contribution is 2.61. The molecule has 1 saturated heterocycles. The van der Waals surface area contributed by atoms with Crippen molar-refractivity contribution in [3.8, 4) is 5.75 Å². The number of benzene rings is 4. The molecule has 3 aliphatic heterocycles. The number of nitrogens with one attached hydrogen (secondary N) is 1. The summed E-state index contributed by atoms with van der Waals surface area (Å²) in [5.41, 5.74) is 5.05. The van der Waals surface area contributed by atoms with Crippen LogP contribution in [0.2, 0.25) is 0 Å². The first-order valence-corrected chi connectivity index (χ1v) is 13.4. The summed E-state index contributed by atoms with van der Waals surface area (Å²) in [4.78, 5) is 20.3. The number of hydrogen-bond donors (Lipinski definition) is 1. The molecule has 0 aliphatic carbocycles. The Labute approximate surface area is 221 Å². The monoisotopic (exact) mass is 500 g/mol. The fraction of sp³-hybridized carbons (Fsp3) is 0.242. The van der Waals surface area contributed by atoms with Crippen molar-refractivity contribution < 1.29 is 14.3 Å². The van der Waals surface area contributed by atoms with Gasteiger partial charge in [-0.1, -0.05) is 78.9 Å². The first-order valence-electron chi connectivity index (χ1n) is 13.4. The minimum atomic E-state index is -0.801. The number of aromatic nitrogens is 1. The van der Waals surface area contributed by atoms with Crippen LogP contribution in [0.3, 0.4) is 0 Å². The molecule has 0 bridgehead atoms. The number of methoxy groups -OCH3 is 1. The van der Waals surface area contributed by atoms with E-state index >= 15 is 0 Å². The molecule has 188 valence electrons. The lowest BCUT2D eigenvalue weighted by molar-refractivity contribution is -0.156. The Kier molecular flexibility index (Phi) is 4.59. The molecule has 38 heavy (non-hydrogen) atoms. The quantitative estimate of drug-likeness (QED) is 0.288. The second-order valence-electron chi connectivity index (χ2n) is 10.9. The van der Waals surface area contributed by atoms with Crippen LogP contribution in [-0.4, -0.2) is 35.1 Å². The van der Waals surface area contributed by atoms with Crippen molar-refractivity contribution in [2.75, 3.05) is 13.7 Å². The predicted octanol–water partition coefficient (Wildman–Crippen LogP) is 6.33. The van der Waals surface area contributed by atoms with Gasteiger partial charge in [-0.2, -0.15) is 0 Å². The zero-order valence-corrected chi connectivity index (χ0v) is 21.2. The lowest BCUT2D eigenvalue weighted by atomic mass is 9.79. The molecular weight excluding hydrogens is 472 g/mol. The van der Waals surface area contributed by atoms with E-state index in [1.807, 2.05) is 0 Å². The Balaban J connectivity index is 1.45. The van der Waals surface area contributed by atoms with Crippen LogP contribution in [0, 0.1) is 5.92 Å². The Bertz CT molecular complexity index is 1720. The molecule has 5 aromatic rings. The van der Waals surface area contributed by atoms with Crippen LogP contribution in [0.15, 0.2) is 91.0 Å². The van der Waals surface area contributed by atoms with Crippen molar-refractivity contribution in [1.82, 2.24) is 9.88 Å². The third-order valence-electron chi connectivity index (χ3n) is 9.07. The molecule has 4 aromatic carbocycles. The van der Waals surface area contributed by atoms with Gasteiger partial charge in [-0.3, -0.25) is 9.69 Å². The number of fused-ring (bicyclic) bond motifs is 10. The Morgan fingerprint density at radius 2 is 1.71 bits per heavy atom. The van der Waals surface area contributed by atoms with Crippen molar-refractivity contribution in [2.24, 2.45) is 5.92 Å². The normalized spacial score (nSPS) is 25.8. The van der Waals surface area contributed by atoms with E-state index in [2.05, 4.69) is 101 Å². The van der Waals surface area contributed by atoms with Gasteiger partial charge in [0, 0.05) is 40.5 Å². The number of aromatic amines is 1. The summed E-state index contributed by atoms with van der Waals surface area (Å²) in [7, 11) is 1.53. The van der Waals surface area contributed by atoms with Crippen molar-refractivity contribution in [1.29, 1.82) is 0 Å². The van der Waals surface area contributed by atoms with E-state index in [0.717, 1.165) is 11.3 Å². The lowest BCUT2D eigenvalue weighted by Gasteiger charge is -2.48. The van der Waals surface area contributed by atoms with Gasteiger partial charge in [-0.25, -0.2) is 0 Å². The highest BCUT2D eigenvalue weighted by Gasteiger charge is 2.64. The van der Waals surface area contributed by atoms with Gasteiger partial charge in [-0.15, -0.1) is 0 Å². The molecule has 1 fully saturated rings. The average Bonchev–Trinajstić information content (AvgIpc) is 3.51. The minimum Gasteiger partial charge on any atom is -0.493 e. The molecule has 1 aromatic heterocycles. The third kappa shape index (κ3) is 2.82. The zero-order chi connectivity index (χ0) is 25.4. The standard InChI is InChI=1S/C33H28N2O3/c1-37-32(36)33-17-22-19-38-27-16-15-20-9-5-6-12-23(20)28(27)30(22)35(33)31(21-10-3-2-4-11-21)29-25(18-33)24-13-7-8-14-26(24)34-29/h2-16,22,30-31,34H,17-19H2,1H3/t22-,30-,31+,33-/m0/s1. The van der Waals surface area contributed by atoms with Gasteiger partial charge in [0.25, 0.3) is 0 Å².